The third-order valence-corrected chi connectivity index (χ3v) is 6.87. The van der Waals surface area contributed by atoms with Crippen LogP contribution in [0.25, 0.3) is 10.9 Å². The van der Waals surface area contributed by atoms with E-state index in [2.05, 4.69) is 10.1 Å². The number of rotatable bonds is 5. The molecule has 0 saturated carbocycles. The fourth-order valence-electron chi connectivity index (χ4n) is 3.71. The van der Waals surface area contributed by atoms with Crippen LogP contribution < -0.4 is 5.56 Å². The Bertz CT molecular complexity index is 1180. The number of hydrogen-bond acceptors (Lipinski definition) is 6. The molecule has 10 heteroatoms. The van der Waals surface area contributed by atoms with Crippen molar-refractivity contribution in [2.24, 2.45) is 7.05 Å². The molecular weight excluding hydrogens is 382 g/mol. The van der Waals surface area contributed by atoms with Crippen molar-refractivity contribution in [1.82, 2.24) is 23.6 Å². The number of fused-ring (bicyclic) bond motifs is 1. The van der Waals surface area contributed by atoms with Gasteiger partial charge in [0, 0.05) is 19.8 Å². The fraction of sp³-hybridized carbons (Fsp3) is 0.389. The van der Waals surface area contributed by atoms with Crippen LogP contribution in [0.2, 0.25) is 0 Å². The summed E-state index contributed by atoms with van der Waals surface area (Å²) in [5.41, 5.74) is 0.239. The van der Waals surface area contributed by atoms with E-state index in [1.807, 2.05) is 0 Å². The number of aliphatic hydroxyl groups is 1. The van der Waals surface area contributed by atoms with Gasteiger partial charge in [-0.3, -0.25) is 14.0 Å². The Hall–Kier alpha value is -2.56. The molecule has 1 aromatic carbocycles. The average Bonchev–Trinajstić information content (AvgIpc) is 3.34. The Balaban J connectivity index is 1.86. The molecule has 1 aliphatic rings. The van der Waals surface area contributed by atoms with E-state index in [-0.39, 0.29) is 23.6 Å². The molecule has 9 nitrogen and oxygen atoms in total. The first-order chi connectivity index (χ1) is 13.4. The van der Waals surface area contributed by atoms with Crippen molar-refractivity contribution >= 4 is 20.9 Å². The van der Waals surface area contributed by atoms with Crippen molar-refractivity contribution in [1.29, 1.82) is 0 Å². The number of benzene rings is 1. The first-order valence-electron chi connectivity index (χ1n) is 9.04. The van der Waals surface area contributed by atoms with Gasteiger partial charge in [-0.25, -0.2) is 13.4 Å². The standard InChI is InChI=1S/C18H21N5O4S/c1-21-12-13(11-19-21)28(26,27)23-8-4-7-16(23)17-20-15-6-3-2-5-14(15)18(25)22(17)9-10-24/h2-3,5-6,11-12,16,24H,4,7-10H2,1H3. The van der Waals surface area contributed by atoms with Crippen molar-refractivity contribution in [2.75, 3.05) is 13.2 Å². The van der Waals surface area contributed by atoms with Crippen LogP contribution >= 0.6 is 0 Å². The fourth-order valence-corrected chi connectivity index (χ4v) is 5.35. The molecule has 3 heterocycles. The van der Waals surface area contributed by atoms with Crippen molar-refractivity contribution in [3.8, 4) is 0 Å². The lowest BCUT2D eigenvalue weighted by Gasteiger charge is -2.25. The zero-order valence-electron chi connectivity index (χ0n) is 15.4. The largest absolute Gasteiger partial charge is 0.395 e. The van der Waals surface area contributed by atoms with Gasteiger partial charge in [0.05, 0.1) is 36.3 Å². The van der Waals surface area contributed by atoms with E-state index >= 15 is 0 Å². The van der Waals surface area contributed by atoms with Crippen LogP contribution in [-0.4, -0.2) is 50.3 Å². The minimum atomic E-state index is -3.78. The molecule has 1 fully saturated rings. The first kappa shape index (κ1) is 18.8. The molecular formula is C18H21N5O4S. The van der Waals surface area contributed by atoms with Crippen molar-refractivity contribution in [2.45, 2.75) is 30.3 Å². The third kappa shape index (κ3) is 3.03. The maximum Gasteiger partial charge on any atom is 0.261 e. The summed E-state index contributed by atoms with van der Waals surface area (Å²) >= 11 is 0. The van der Waals surface area contributed by atoms with Crippen LogP contribution in [0.4, 0.5) is 0 Å². The topological polar surface area (TPSA) is 110 Å². The number of aryl methyl sites for hydroxylation is 1. The zero-order chi connectivity index (χ0) is 19.9. The number of aromatic nitrogens is 4. The van der Waals surface area contributed by atoms with Gasteiger partial charge in [-0.2, -0.15) is 9.40 Å². The van der Waals surface area contributed by atoms with Gasteiger partial charge >= 0.3 is 0 Å². The number of nitrogens with zero attached hydrogens (tertiary/aromatic N) is 5. The summed E-state index contributed by atoms with van der Waals surface area (Å²) in [5.74, 6) is 0.364. The van der Waals surface area contributed by atoms with E-state index in [9.17, 15) is 18.3 Å². The second-order valence-electron chi connectivity index (χ2n) is 6.79. The molecule has 0 radical (unpaired) electrons. The number of sulfonamides is 1. The lowest BCUT2D eigenvalue weighted by molar-refractivity contribution is 0.266. The summed E-state index contributed by atoms with van der Waals surface area (Å²) in [6.07, 6.45) is 3.99. The Morgan fingerprint density at radius 2 is 2.07 bits per heavy atom. The molecule has 1 saturated heterocycles. The van der Waals surface area contributed by atoms with E-state index in [0.29, 0.717) is 36.1 Å². The van der Waals surface area contributed by atoms with E-state index < -0.39 is 16.1 Å². The highest BCUT2D eigenvalue weighted by Crippen LogP contribution is 2.35. The molecule has 0 amide bonds. The number of aliphatic hydroxyl groups excluding tert-OH is 1. The average molecular weight is 403 g/mol. The minimum absolute atomic E-state index is 0.0588. The molecule has 28 heavy (non-hydrogen) atoms. The maximum atomic E-state index is 13.2. The molecule has 1 N–H and O–H groups in total. The van der Waals surface area contributed by atoms with Gasteiger partial charge in [0.2, 0.25) is 10.0 Å². The molecule has 1 unspecified atom stereocenters. The first-order valence-corrected chi connectivity index (χ1v) is 10.5. The van der Waals surface area contributed by atoms with Crippen LogP contribution in [0.3, 0.4) is 0 Å². The van der Waals surface area contributed by atoms with E-state index in [0.717, 1.165) is 0 Å². The van der Waals surface area contributed by atoms with Gasteiger partial charge in [0.1, 0.15) is 10.7 Å². The Kier molecular flexibility index (Phi) is 4.77. The highest BCUT2D eigenvalue weighted by molar-refractivity contribution is 7.89. The summed E-state index contributed by atoms with van der Waals surface area (Å²) in [6.45, 7) is 0.155. The molecule has 4 rings (SSSR count). The summed E-state index contributed by atoms with van der Waals surface area (Å²) in [6, 6.07) is 6.38. The Morgan fingerprint density at radius 3 is 2.79 bits per heavy atom. The van der Waals surface area contributed by atoms with Gasteiger partial charge in [-0.15, -0.1) is 0 Å². The predicted octanol–water partition coefficient (Wildman–Crippen LogP) is 0.648. The molecule has 3 aromatic rings. The third-order valence-electron chi connectivity index (χ3n) is 5.00. The predicted molar refractivity (Wildman–Crippen MR) is 102 cm³/mol. The summed E-state index contributed by atoms with van der Waals surface area (Å²) in [4.78, 5) is 17.7. The second kappa shape index (κ2) is 7.12. The normalized spacial score (nSPS) is 18.1. The van der Waals surface area contributed by atoms with Crippen LogP contribution in [-0.2, 0) is 23.6 Å². The van der Waals surface area contributed by atoms with Crippen molar-refractivity contribution in [3.05, 3.63) is 52.8 Å². The lowest BCUT2D eigenvalue weighted by atomic mass is 10.2. The second-order valence-corrected chi connectivity index (χ2v) is 8.68. The van der Waals surface area contributed by atoms with Gasteiger partial charge in [-0.05, 0) is 25.0 Å². The zero-order valence-corrected chi connectivity index (χ0v) is 16.2. The maximum absolute atomic E-state index is 13.2. The molecule has 1 aliphatic heterocycles. The molecule has 0 spiro atoms. The van der Waals surface area contributed by atoms with E-state index in [1.165, 1.54) is 25.9 Å². The molecule has 1 atom stereocenters. The quantitative estimate of drug-likeness (QED) is 0.670. The molecule has 0 aliphatic carbocycles. The molecule has 0 bridgehead atoms. The summed E-state index contributed by atoms with van der Waals surface area (Å²) in [7, 11) is -2.12. The van der Waals surface area contributed by atoms with E-state index in [4.69, 9.17) is 0 Å². The highest BCUT2D eigenvalue weighted by atomic mass is 32.2. The van der Waals surface area contributed by atoms with Crippen LogP contribution in [0.15, 0.2) is 46.3 Å². The molecule has 148 valence electrons. The van der Waals surface area contributed by atoms with Gasteiger partial charge < -0.3 is 5.11 Å². The number of para-hydroxylation sites is 1. The van der Waals surface area contributed by atoms with Gasteiger partial charge in [-0.1, -0.05) is 12.1 Å². The van der Waals surface area contributed by atoms with E-state index in [1.54, 1.807) is 31.3 Å². The number of hydrogen-bond donors (Lipinski definition) is 1. The van der Waals surface area contributed by atoms with Gasteiger partial charge in [0.25, 0.3) is 5.56 Å². The SMILES string of the molecule is Cn1cc(S(=O)(=O)N2CCCC2c2nc3ccccc3c(=O)n2CCO)cn1. The highest BCUT2D eigenvalue weighted by Gasteiger charge is 2.39. The lowest BCUT2D eigenvalue weighted by Crippen LogP contribution is -2.36. The summed E-state index contributed by atoms with van der Waals surface area (Å²) in [5, 5.41) is 13.9. The van der Waals surface area contributed by atoms with Crippen LogP contribution in [0.5, 0.6) is 0 Å². The Labute approximate surface area is 161 Å². The monoisotopic (exact) mass is 403 g/mol. The van der Waals surface area contributed by atoms with Crippen molar-refractivity contribution < 1.29 is 13.5 Å². The summed E-state index contributed by atoms with van der Waals surface area (Å²) < 4.78 is 30.5. The minimum Gasteiger partial charge on any atom is -0.395 e. The Morgan fingerprint density at radius 1 is 1.29 bits per heavy atom. The molecule has 2 aromatic heterocycles. The smallest absolute Gasteiger partial charge is 0.261 e. The van der Waals surface area contributed by atoms with Crippen molar-refractivity contribution in [3.63, 3.8) is 0 Å². The van der Waals surface area contributed by atoms with Crippen LogP contribution in [0, 0.1) is 0 Å². The van der Waals surface area contributed by atoms with Gasteiger partial charge in [0.15, 0.2) is 0 Å². The van der Waals surface area contributed by atoms with Crippen LogP contribution in [0.1, 0.15) is 24.7 Å².